The molecule has 3 N–H and O–H groups in total. The summed E-state index contributed by atoms with van der Waals surface area (Å²) in [6.45, 7) is 1.65. The number of H-pyrrole nitrogens is 3. The molecule has 23 heavy (non-hydrogen) atoms. The van der Waals surface area contributed by atoms with Gasteiger partial charge in [-0.1, -0.05) is 12.1 Å². The Labute approximate surface area is 132 Å². The Kier molecular flexibility index (Phi) is 3.29. The Morgan fingerprint density at radius 3 is 2.74 bits per heavy atom. The lowest BCUT2D eigenvalue weighted by Crippen LogP contribution is -2.35. The molecule has 0 saturated carbocycles. The van der Waals surface area contributed by atoms with Gasteiger partial charge in [-0.2, -0.15) is 0 Å². The summed E-state index contributed by atoms with van der Waals surface area (Å²) in [6.07, 6.45) is 5.16. The highest BCUT2D eigenvalue weighted by molar-refractivity contribution is 5.97. The van der Waals surface area contributed by atoms with Crippen molar-refractivity contribution in [3.05, 3.63) is 46.6 Å². The van der Waals surface area contributed by atoms with Crippen LogP contribution in [0.25, 0.3) is 22.2 Å². The summed E-state index contributed by atoms with van der Waals surface area (Å²) in [5.74, 6) is 0.0469. The van der Waals surface area contributed by atoms with Crippen molar-refractivity contribution in [2.45, 2.75) is 19.3 Å². The van der Waals surface area contributed by atoms with E-state index in [-0.39, 0.29) is 11.6 Å². The molecule has 1 fully saturated rings. The van der Waals surface area contributed by atoms with E-state index in [1.54, 1.807) is 0 Å². The van der Waals surface area contributed by atoms with Crippen molar-refractivity contribution < 1.29 is 4.79 Å². The molecule has 3 heterocycles. The van der Waals surface area contributed by atoms with Crippen LogP contribution in [-0.2, 0) is 0 Å². The Morgan fingerprint density at radius 1 is 1.09 bits per heavy atom. The summed E-state index contributed by atoms with van der Waals surface area (Å²) in [7, 11) is 0. The molecule has 0 aliphatic carbocycles. The summed E-state index contributed by atoms with van der Waals surface area (Å²) in [4.78, 5) is 34.6. The second-order valence-electron chi connectivity index (χ2n) is 5.96. The first-order valence-corrected chi connectivity index (χ1v) is 7.91. The van der Waals surface area contributed by atoms with Gasteiger partial charge in [-0.25, -0.2) is 4.79 Å². The fraction of sp³-hybridized carbons (Fsp3) is 0.294. The van der Waals surface area contributed by atoms with Crippen LogP contribution < -0.4 is 5.69 Å². The van der Waals surface area contributed by atoms with E-state index in [9.17, 15) is 9.59 Å². The van der Waals surface area contributed by atoms with Gasteiger partial charge in [-0.15, -0.1) is 0 Å². The molecule has 1 aliphatic heterocycles. The summed E-state index contributed by atoms with van der Waals surface area (Å²) in [5.41, 5.74) is 3.68. The average molecular weight is 310 g/mol. The molecule has 0 unspecified atom stereocenters. The third-order valence-corrected chi connectivity index (χ3v) is 4.42. The normalized spacial score (nSPS) is 15.2. The van der Waals surface area contributed by atoms with Gasteiger partial charge < -0.3 is 19.9 Å². The van der Waals surface area contributed by atoms with E-state index in [0.717, 1.165) is 48.1 Å². The Balaban J connectivity index is 1.69. The largest absolute Gasteiger partial charge is 0.357 e. The van der Waals surface area contributed by atoms with Crippen LogP contribution in [-0.4, -0.2) is 38.8 Å². The van der Waals surface area contributed by atoms with Gasteiger partial charge in [0.25, 0.3) is 5.91 Å². The molecule has 3 aromatic rings. The van der Waals surface area contributed by atoms with Crippen LogP contribution in [0, 0.1) is 0 Å². The van der Waals surface area contributed by atoms with E-state index in [4.69, 9.17) is 0 Å². The van der Waals surface area contributed by atoms with E-state index in [2.05, 4.69) is 15.0 Å². The maximum absolute atomic E-state index is 12.5. The number of para-hydroxylation sites is 1. The zero-order valence-electron chi connectivity index (χ0n) is 12.7. The first-order chi connectivity index (χ1) is 11.2. The molecule has 1 aliphatic rings. The van der Waals surface area contributed by atoms with E-state index in [0.29, 0.717) is 5.69 Å². The topological polar surface area (TPSA) is 84.7 Å². The van der Waals surface area contributed by atoms with Crippen LogP contribution >= 0.6 is 0 Å². The van der Waals surface area contributed by atoms with Gasteiger partial charge in [0.1, 0.15) is 5.69 Å². The highest BCUT2D eigenvalue weighted by Crippen LogP contribution is 2.27. The monoisotopic (exact) mass is 310 g/mol. The van der Waals surface area contributed by atoms with Crippen molar-refractivity contribution in [2.24, 2.45) is 0 Å². The minimum atomic E-state index is -0.229. The molecular weight excluding hydrogens is 292 g/mol. The van der Waals surface area contributed by atoms with E-state index in [1.165, 1.54) is 6.42 Å². The first-order valence-electron chi connectivity index (χ1n) is 7.91. The molecule has 6 nitrogen and oxygen atoms in total. The maximum atomic E-state index is 12.5. The number of nitrogens with zero attached hydrogens (tertiary/aromatic N) is 1. The molecule has 6 heteroatoms. The molecule has 1 saturated heterocycles. The van der Waals surface area contributed by atoms with Gasteiger partial charge in [0.05, 0.1) is 11.0 Å². The number of aromatic amines is 3. The molecule has 0 spiro atoms. The lowest BCUT2D eigenvalue weighted by atomic mass is 10.1. The quantitative estimate of drug-likeness (QED) is 0.679. The average Bonchev–Trinajstić information content (AvgIpc) is 3.20. The number of benzene rings is 1. The molecule has 1 aromatic carbocycles. The van der Waals surface area contributed by atoms with Crippen molar-refractivity contribution in [1.82, 2.24) is 19.9 Å². The van der Waals surface area contributed by atoms with Crippen molar-refractivity contribution in [1.29, 1.82) is 0 Å². The Hall–Kier alpha value is -2.76. The van der Waals surface area contributed by atoms with Crippen LogP contribution in [0.2, 0.25) is 0 Å². The molecule has 118 valence electrons. The zero-order valence-corrected chi connectivity index (χ0v) is 12.7. The van der Waals surface area contributed by atoms with Crippen molar-refractivity contribution >= 4 is 16.9 Å². The third kappa shape index (κ3) is 2.46. The number of carbonyl (C=O) groups excluding carboxylic acids is 1. The SMILES string of the molecule is O=C(c1cc(-c2cccc3[nH]c(=O)[nH]c23)c[nH]1)N1CCCCC1. The minimum Gasteiger partial charge on any atom is -0.357 e. The second kappa shape index (κ2) is 5.46. The lowest BCUT2D eigenvalue weighted by Gasteiger charge is -2.26. The molecule has 2 aromatic heterocycles. The molecule has 0 atom stereocenters. The minimum absolute atomic E-state index is 0.0469. The number of nitrogens with one attached hydrogen (secondary N) is 3. The second-order valence-corrected chi connectivity index (χ2v) is 5.96. The molecular formula is C17H18N4O2. The maximum Gasteiger partial charge on any atom is 0.323 e. The standard InChI is InChI=1S/C17H18N4O2/c22-16(21-7-2-1-3-8-21)14-9-11(10-18-14)12-5-4-6-13-15(12)20-17(23)19-13/h4-6,9-10,18H,1-3,7-8H2,(H2,19,20,23). The summed E-state index contributed by atoms with van der Waals surface area (Å²) < 4.78 is 0. The fourth-order valence-corrected chi connectivity index (χ4v) is 3.24. The lowest BCUT2D eigenvalue weighted by molar-refractivity contribution is 0.0719. The number of imidazole rings is 1. The number of aromatic nitrogens is 3. The van der Waals surface area contributed by atoms with Crippen LogP contribution in [0.5, 0.6) is 0 Å². The molecule has 0 radical (unpaired) electrons. The van der Waals surface area contributed by atoms with Crippen LogP contribution in [0.15, 0.2) is 35.3 Å². The smallest absolute Gasteiger partial charge is 0.323 e. The van der Waals surface area contributed by atoms with Crippen molar-refractivity contribution in [3.63, 3.8) is 0 Å². The number of rotatable bonds is 2. The number of piperidine rings is 1. The number of carbonyl (C=O) groups is 1. The summed E-state index contributed by atoms with van der Waals surface area (Å²) in [6, 6.07) is 7.53. The van der Waals surface area contributed by atoms with Gasteiger partial charge in [0.2, 0.25) is 0 Å². The van der Waals surface area contributed by atoms with Gasteiger partial charge in [0.15, 0.2) is 0 Å². The number of fused-ring (bicyclic) bond motifs is 1. The number of amides is 1. The molecule has 1 amide bonds. The van der Waals surface area contributed by atoms with E-state index in [1.807, 2.05) is 35.4 Å². The molecule has 4 rings (SSSR count). The van der Waals surface area contributed by atoms with E-state index < -0.39 is 0 Å². The van der Waals surface area contributed by atoms with Crippen LogP contribution in [0.1, 0.15) is 29.8 Å². The van der Waals surface area contributed by atoms with E-state index >= 15 is 0 Å². The zero-order chi connectivity index (χ0) is 15.8. The highest BCUT2D eigenvalue weighted by atomic mass is 16.2. The summed E-state index contributed by atoms with van der Waals surface area (Å²) >= 11 is 0. The highest BCUT2D eigenvalue weighted by Gasteiger charge is 2.20. The van der Waals surface area contributed by atoms with Gasteiger partial charge in [-0.3, -0.25) is 4.79 Å². The van der Waals surface area contributed by atoms with Crippen LogP contribution in [0.4, 0.5) is 0 Å². The van der Waals surface area contributed by atoms with Gasteiger partial charge >= 0.3 is 5.69 Å². The predicted octanol–water partition coefficient (Wildman–Crippen LogP) is 2.48. The Morgan fingerprint density at radius 2 is 1.91 bits per heavy atom. The third-order valence-electron chi connectivity index (χ3n) is 4.42. The van der Waals surface area contributed by atoms with Crippen molar-refractivity contribution in [3.8, 4) is 11.1 Å². The van der Waals surface area contributed by atoms with Gasteiger partial charge in [-0.05, 0) is 31.4 Å². The molecule has 0 bridgehead atoms. The number of hydrogen-bond donors (Lipinski definition) is 3. The fourth-order valence-electron chi connectivity index (χ4n) is 3.24. The Bertz CT molecular complexity index is 912. The van der Waals surface area contributed by atoms with Crippen molar-refractivity contribution in [2.75, 3.05) is 13.1 Å². The van der Waals surface area contributed by atoms with Crippen LogP contribution in [0.3, 0.4) is 0 Å². The predicted molar refractivity (Wildman–Crippen MR) is 88.5 cm³/mol. The first kappa shape index (κ1) is 13.9. The summed E-state index contributed by atoms with van der Waals surface area (Å²) in [5, 5.41) is 0. The van der Waals surface area contributed by atoms with Gasteiger partial charge in [0, 0.05) is 30.4 Å². The number of likely N-dealkylation sites (tertiary alicyclic amines) is 1. The number of hydrogen-bond acceptors (Lipinski definition) is 2.